The van der Waals surface area contributed by atoms with Crippen molar-refractivity contribution in [3.63, 3.8) is 0 Å². The van der Waals surface area contributed by atoms with Crippen molar-refractivity contribution in [2.75, 3.05) is 6.54 Å². The summed E-state index contributed by atoms with van der Waals surface area (Å²) in [6.45, 7) is 0.437. The SMILES string of the molecule is NN=[N+]([O-])c1ccc2c(c1)C(c1ccccc1Cl)=NCC=N2. The van der Waals surface area contributed by atoms with Crippen molar-refractivity contribution in [3.8, 4) is 0 Å². The summed E-state index contributed by atoms with van der Waals surface area (Å²) in [5, 5.41) is 15.3. The molecule has 22 heavy (non-hydrogen) atoms. The van der Waals surface area contributed by atoms with Crippen LogP contribution in [0.2, 0.25) is 5.02 Å². The standard InChI is InChI=1S/C15H12ClN5O/c16-13-4-2-1-3-11(13)15-12-9-10(21(22)20-17)5-6-14(12)18-7-8-19-15/h1-7,9H,8,17H2. The van der Waals surface area contributed by atoms with E-state index in [1.807, 2.05) is 18.2 Å². The molecular formula is C15H12ClN5O. The summed E-state index contributed by atoms with van der Waals surface area (Å²) >= 11 is 6.27. The fraction of sp³-hybridized carbons (Fsp3) is 0.0667. The highest BCUT2D eigenvalue weighted by atomic mass is 35.5. The van der Waals surface area contributed by atoms with Crippen LogP contribution >= 0.6 is 11.6 Å². The molecule has 0 saturated heterocycles. The van der Waals surface area contributed by atoms with Crippen molar-refractivity contribution in [1.29, 1.82) is 0 Å². The lowest BCUT2D eigenvalue weighted by Crippen LogP contribution is -2.06. The van der Waals surface area contributed by atoms with E-state index in [0.29, 0.717) is 39.1 Å². The second-order valence-corrected chi connectivity index (χ2v) is 4.98. The molecule has 0 unspecified atom stereocenters. The highest BCUT2D eigenvalue weighted by Crippen LogP contribution is 2.30. The van der Waals surface area contributed by atoms with Gasteiger partial charge in [0.25, 0.3) is 0 Å². The lowest BCUT2D eigenvalue weighted by Gasteiger charge is -2.12. The molecule has 2 N–H and O–H groups in total. The van der Waals surface area contributed by atoms with Crippen LogP contribution in [0.5, 0.6) is 0 Å². The molecular weight excluding hydrogens is 302 g/mol. The molecule has 0 aliphatic carbocycles. The lowest BCUT2D eigenvalue weighted by molar-refractivity contribution is -0.443. The third-order valence-electron chi connectivity index (χ3n) is 3.25. The van der Waals surface area contributed by atoms with E-state index in [9.17, 15) is 5.21 Å². The molecule has 6 nitrogen and oxygen atoms in total. The number of hydrogen-bond donors (Lipinski definition) is 1. The molecule has 0 aromatic heterocycles. The molecule has 1 aliphatic rings. The first kappa shape index (κ1) is 14.2. The van der Waals surface area contributed by atoms with Gasteiger partial charge in [0.2, 0.25) is 0 Å². The van der Waals surface area contributed by atoms with Crippen LogP contribution in [0, 0.1) is 5.21 Å². The molecule has 0 spiro atoms. The predicted octanol–water partition coefficient (Wildman–Crippen LogP) is 3.36. The summed E-state index contributed by atoms with van der Waals surface area (Å²) in [7, 11) is 0. The average Bonchev–Trinajstić information content (AvgIpc) is 2.76. The van der Waals surface area contributed by atoms with E-state index in [2.05, 4.69) is 15.2 Å². The van der Waals surface area contributed by atoms with Gasteiger partial charge in [-0.25, -0.2) is 0 Å². The Labute approximate surface area is 131 Å². The Bertz CT molecular complexity index is 813. The van der Waals surface area contributed by atoms with Crippen LogP contribution in [0.3, 0.4) is 0 Å². The van der Waals surface area contributed by atoms with Crippen molar-refractivity contribution < 1.29 is 4.86 Å². The minimum absolute atomic E-state index is 0.304. The summed E-state index contributed by atoms with van der Waals surface area (Å²) in [4.78, 5) is 9.22. The molecule has 1 heterocycles. The maximum absolute atomic E-state index is 11.6. The van der Waals surface area contributed by atoms with Crippen molar-refractivity contribution in [1.82, 2.24) is 0 Å². The van der Waals surface area contributed by atoms with Gasteiger partial charge in [-0.05, 0) is 24.3 Å². The Morgan fingerprint density at radius 3 is 2.77 bits per heavy atom. The first-order chi connectivity index (χ1) is 10.7. The van der Waals surface area contributed by atoms with Crippen molar-refractivity contribution >= 4 is 34.9 Å². The van der Waals surface area contributed by atoms with Gasteiger partial charge >= 0.3 is 0 Å². The van der Waals surface area contributed by atoms with Crippen LogP contribution in [0.4, 0.5) is 11.4 Å². The van der Waals surface area contributed by atoms with E-state index < -0.39 is 0 Å². The summed E-state index contributed by atoms with van der Waals surface area (Å²) in [6.07, 6.45) is 1.71. The summed E-state index contributed by atoms with van der Waals surface area (Å²) in [5.74, 6) is 5.04. The van der Waals surface area contributed by atoms with E-state index in [4.69, 9.17) is 17.4 Å². The fourth-order valence-electron chi connectivity index (χ4n) is 2.25. The second kappa shape index (κ2) is 5.95. The number of halogens is 1. The first-order valence-electron chi connectivity index (χ1n) is 6.55. The highest BCUT2D eigenvalue weighted by Gasteiger charge is 2.17. The van der Waals surface area contributed by atoms with Crippen molar-refractivity contribution in [2.45, 2.75) is 0 Å². The molecule has 1 aliphatic heterocycles. The van der Waals surface area contributed by atoms with Crippen LogP contribution in [0.25, 0.3) is 0 Å². The van der Waals surface area contributed by atoms with Gasteiger partial charge in [-0.1, -0.05) is 29.8 Å². The first-order valence-corrected chi connectivity index (χ1v) is 6.93. The minimum Gasteiger partial charge on any atom is -0.691 e. The van der Waals surface area contributed by atoms with Crippen LogP contribution in [0.1, 0.15) is 11.1 Å². The molecule has 0 radical (unpaired) electrons. The molecule has 2 aromatic carbocycles. The van der Waals surface area contributed by atoms with Gasteiger partial charge in [0.15, 0.2) is 5.69 Å². The van der Waals surface area contributed by atoms with Gasteiger partial charge in [0.1, 0.15) is 0 Å². The Balaban J connectivity index is 2.21. The van der Waals surface area contributed by atoms with E-state index in [1.165, 1.54) is 0 Å². The van der Waals surface area contributed by atoms with Gasteiger partial charge < -0.3 is 5.21 Å². The molecule has 0 bridgehead atoms. The third-order valence-corrected chi connectivity index (χ3v) is 3.58. The third kappa shape index (κ3) is 2.56. The van der Waals surface area contributed by atoms with E-state index in [1.54, 1.807) is 30.5 Å². The zero-order valence-corrected chi connectivity index (χ0v) is 12.2. The van der Waals surface area contributed by atoms with Crippen LogP contribution < -0.4 is 5.84 Å². The molecule has 0 atom stereocenters. The van der Waals surface area contributed by atoms with Gasteiger partial charge in [-0.15, -0.1) is 4.86 Å². The number of nitrogens with zero attached hydrogens (tertiary/aromatic N) is 4. The molecule has 2 aromatic rings. The van der Waals surface area contributed by atoms with Crippen molar-refractivity contribution in [3.05, 3.63) is 63.8 Å². The number of hydrogen-bond acceptors (Lipinski definition) is 4. The van der Waals surface area contributed by atoms with Gasteiger partial charge in [0, 0.05) is 22.4 Å². The van der Waals surface area contributed by atoms with E-state index >= 15 is 0 Å². The summed E-state index contributed by atoms with van der Waals surface area (Å²) < 4.78 is 0. The summed E-state index contributed by atoms with van der Waals surface area (Å²) in [5.41, 5.74) is 3.20. The molecule has 0 fully saturated rings. The normalized spacial score (nSPS) is 14.2. The topological polar surface area (TPSA) is 89.2 Å². The Morgan fingerprint density at radius 1 is 1.18 bits per heavy atom. The van der Waals surface area contributed by atoms with Crippen LogP contribution in [0.15, 0.2) is 57.7 Å². The van der Waals surface area contributed by atoms with E-state index in [-0.39, 0.29) is 0 Å². The van der Waals surface area contributed by atoms with Gasteiger partial charge in [-0.2, -0.15) is 5.84 Å². The molecule has 3 rings (SSSR count). The fourth-order valence-corrected chi connectivity index (χ4v) is 2.48. The van der Waals surface area contributed by atoms with Gasteiger partial charge in [0.05, 0.1) is 23.2 Å². The number of nitrogens with two attached hydrogens (primary N) is 1. The number of benzene rings is 2. The molecule has 0 saturated carbocycles. The zero-order valence-electron chi connectivity index (χ0n) is 11.5. The Kier molecular flexibility index (Phi) is 3.84. The monoisotopic (exact) mass is 313 g/mol. The van der Waals surface area contributed by atoms with Crippen LogP contribution in [-0.4, -0.2) is 23.3 Å². The number of fused-ring (bicyclic) bond motifs is 1. The van der Waals surface area contributed by atoms with E-state index in [0.717, 1.165) is 5.56 Å². The molecule has 7 heteroatoms. The zero-order chi connectivity index (χ0) is 15.5. The molecule has 0 amide bonds. The summed E-state index contributed by atoms with van der Waals surface area (Å²) in [6, 6.07) is 12.4. The lowest BCUT2D eigenvalue weighted by atomic mass is 10.00. The van der Waals surface area contributed by atoms with Crippen LogP contribution in [-0.2, 0) is 0 Å². The highest BCUT2D eigenvalue weighted by molar-refractivity contribution is 6.36. The number of rotatable bonds is 2. The Hall–Kier alpha value is -2.73. The largest absolute Gasteiger partial charge is 0.691 e. The second-order valence-electron chi connectivity index (χ2n) is 4.57. The molecule has 110 valence electrons. The maximum Gasteiger partial charge on any atom is 0.154 e. The smallest absolute Gasteiger partial charge is 0.154 e. The Morgan fingerprint density at radius 2 is 2.00 bits per heavy atom. The van der Waals surface area contributed by atoms with Gasteiger partial charge in [-0.3, -0.25) is 9.98 Å². The number of aliphatic imine (C=N–C) groups is 2. The minimum atomic E-state index is 0.304. The quantitative estimate of drug-likeness (QED) is 0.398. The average molecular weight is 314 g/mol. The predicted molar refractivity (Wildman–Crippen MR) is 86.5 cm³/mol. The maximum atomic E-state index is 11.6. The van der Waals surface area contributed by atoms with Crippen molar-refractivity contribution in [2.24, 2.45) is 21.1 Å².